The molecule has 2 aromatic rings. The highest BCUT2D eigenvalue weighted by atomic mass is 19.4. The fraction of sp³-hybridized carbons (Fsp3) is 0.130. The Bertz CT molecular complexity index is 1030. The first-order chi connectivity index (χ1) is 14.5. The molecule has 0 saturated carbocycles. The van der Waals surface area contributed by atoms with Crippen LogP contribution in [0.25, 0.3) is 11.1 Å². The Balaban J connectivity index is 2.25. The highest BCUT2D eigenvalue weighted by Crippen LogP contribution is 2.39. The van der Waals surface area contributed by atoms with Crippen molar-refractivity contribution in [2.24, 2.45) is 0 Å². The second-order valence-electron chi connectivity index (χ2n) is 6.48. The lowest BCUT2D eigenvalue weighted by Crippen LogP contribution is -2.08. The molecule has 0 unspecified atom stereocenters. The van der Waals surface area contributed by atoms with E-state index in [1.807, 2.05) is 0 Å². The number of esters is 2. The smallest absolute Gasteiger partial charge is 0.417 e. The van der Waals surface area contributed by atoms with E-state index in [-0.39, 0.29) is 33.8 Å². The van der Waals surface area contributed by atoms with Crippen molar-refractivity contribution in [2.75, 3.05) is 0 Å². The highest BCUT2D eigenvalue weighted by molar-refractivity contribution is 5.89. The van der Waals surface area contributed by atoms with E-state index >= 15 is 0 Å². The molecular formula is C23H19F3O5. The zero-order valence-corrected chi connectivity index (χ0v) is 16.8. The van der Waals surface area contributed by atoms with Crippen LogP contribution >= 0.6 is 0 Å². The van der Waals surface area contributed by atoms with Gasteiger partial charge in [-0.05, 0) is 49.2 Å². The van der Waals surface area contributed by atoms with Gasteiger partial charge in [-0.1, -0.05) is 31.4 Å². The second kappa shape index (κ2) is 9.80. The van der Waals surface area contributed by atoms with Crippen LogP contribution in [0.4, 0.5) is 13.2 Å². The largest absolute Gasteiger partial charge is 0.462 e. The Morgan fingerprint density at radius 2 is 1.45 bits per heavy atom. The summed E-state index contributed by atoms with van der Waals surface area (Å²) >= 11 is 0. The molecule has 0 aliphatic rings. The Labute approximate surface area is 177 Å². The van der Waals surface area contributed by atoms with Crippen molar-refractivity contribution in [1.82, 2.24) is 0 Å². The van der Waals surface area contributed by atoms with E-state index in [1.54, 1.807) is 0 Å². The number of halogens is 3. The minimum atomic E-state index is -4.66. The molecule has 0 aromatic heterocycles. The van der Waals surface area contributed by atoms with Crippen molar-refractivity contribution in [3.05, 3.63) is 84.9 Å². The van der Waals surface area contributed by atoms with E-state index in [4.69, 9.17) is 9.47 Å². The third kappa shape index (κ3) is 6.60. The van der Waals surface area contributed by atoms with Crippen LogP contribution in [0.1, 0.15) is 19.4 Å². The van der Waals surface area contributed by atoms with Crippen LogP contribution in [-0.2, 0) is 20.5 Å². The van der Waals surface area contributed by atoms with Gasteiger partial charge < -0.3 is 14.2 Å². The Hall–Kier alpha value is -3.81. The predicted octanol–water partition coefficient (Wildman–Crippen LogP) is 5.82. The fourth-order valence-corrected chi connectivity index (χ4v) is 2.28. The van der Waals surface area contributed by atoms with Gasteiger partial charge in [-0.3, -0.25) is 0 Å². The van der Waals surface area contributed by atoms with Crippen molar-refractivity contribution >= 4 is 11.9 Å². The van der Waals surface area contributed by atoms with E-state index in [9.17, 15) is 22.8 Å². The van der Waals surface area contributed by atoms with Crippen molar-refractivity contribution in [3.63, 3.8) is 0 Å². The Morgan fingerprint density at radius 3 is 2.00 bits per heavy atom. The summed E-state index contributed by atoms with van der Waals surface area (Å²) < 4.78 is 55.6. The van der Waals surface area contributed by atoms with Crippen LogP contribution < -0.4 is 9.47 Å². The lowest BCUT2D eigenvalue weighted by Gasteiger charge is -2.15. The van der Waals surface area contributed by atoms with Gasteiger partial charge in [0.05, 0.1) is 5.56 Å². The van der Waals surface area contributed by atoms with Crippen molar-refractivity contribution in [1.29, 1.82) is 0 Å². The second-order valence-corrected chi connectivity index (χ2v) is 6.48. The van der Waals surface area contributed by atoms with Gasteiger partial charge in [0.25, 0.3) is 0 Å². The molecule has 0 heterocycles. The summed E-state index contributed by atoms with van der Waals surface area (Å²) in [5.41, 5.74) is -0.393. The third-order valence-corrected chi connectivity index (χ3v) is 3.80. The van der Waals surface area contributed by atoms with E-state index in [0.29, 0.717) is 0 Å². The fourth-order valence-electron chi connectivity index (χ4n) is 2.28. The number of rotatable bonds is 7. The van der Waals surface area contributed by atoms with Gasteiger partial charge in [0.15, 0.2) is 0 Å². The number of alkyl halides is 3. The first-order valence-electron chi connectivity index (χ1n) is 8.86. The Morgan fingerprint density at radius 1 is 0.871 bits per heavy atom. The average molecular weight is 432 g/mol. The summed E-state index contributed by atoms with van der Waals surface area (Å²) in [7, 11) is 0. The third-order valence-electron chi connectivity index (χ3n) is 3.80. The van der Waals surface area contributed by atoms with Gasteiger partial charge in [-0.2, -0.15) is 13.2 Å². The summed E-state index contributed by atoms with van der Waals surface area (Å²) in [5.74, 6) is -1.25. The molecular weight excluding hydrogens is 413 g/mol. The van der Waals surface area contributed by atoms with E-state index in [2.05, 4.69) is 17.9 Å². The number of hydrogen-bond donors (Lipinski definition) is 0. The zero-order chi connectivity index (χ0) is 23.2. The SMILES string of the molecule is C=C(C)C(=O)OC=COc1ccc(-c2ccc(OC(=O)C(=C)C)cc2)c(C(F)(F)F)c1. The van der Waals surface area contributed by atoms with Crippen LogP contribution in [0.3, 0.4) is 0 Å². The van der Waals surface area contributed by atoms with Crippen LogP contribution in [-0.4, -0.2) is 11.9 Å². The van der Waals surface area contributed by atoms with Gasteiger partial charge in [-0.25, -0.2) is 9.59 Å². The van der Waals surface area contributed by atoms with Crippen LogP contribution in [0.15, 0.2) is 79.3 Å². The molecule has 0 atom stereocenters. The lowest BCUT2D eigenvalue weighted by atomic mass is 9.99. The summed E-state index contributed by atoms with van der Waals surface area (Å²) in [4.78, 5) is 22.8. The zero-order valence-electron chi connectivity index (χ0n) is 16.8. The maximum absolute atomic E-state index is 13.6. The molecule has 5 nitrogen and oxygen atoms in total. The minimum absolute atomic E-state index is 0.0877. The van der Waals surface area contributed by atoms with Gasteiger partial charge in [-0.15, -0.1) is 0 Å². The molecule has 31 heavy (non-hydrogen) atoms. The molecule has 8 heteroatoms. The van der Waals surface area contributed by atoms with Gasteiger partial charge >= 0.3 is 18.1 Å². The lowest BCUT2D eigenvalue weighted by molar-refractivity contribution is -0.137. The monoisotopic (exact) mass is 432 g/mol. The first-order valence-corrected chi connectivity index (χ1v) is 8.86. The van der Waals surface area contributed by atoms with Gasteiger partial charge in [0.1, 0.15) is 24.0 Å². The van der Waals surface area contributed by atoms with E-state index in [0.717, 1.165) is 18.6 Å². The minimum Gasteiger partial charge on any atom is -0.462 e. The van der Waals surface area contributed by atoms with Gasteiger partial charge in [0, 0.05) is 11.1 Å². The van der Waals surface area contributed by atoms with Crippen molar-refractivity contribution in [2.45, 2.75) is 20.0 Å². The number of benzene rings is 2. The summed E-state index contributed by atoms with van der Waals surface area (Å²) in [5, 5.41) is 0. The first kappa shape index (κ1) is 23.5. The quantitative estimate of drug-likeness (QED) is 0.239. The topological polar surface area (TPSA) is 61.8 Å². The van der Waals surface area contributed by atoms with E-state index in [1.165, 1.54) is 50.2 Å². The molecule has 162 valence electrons. The molecule has 0 amide bonds. The molecule has 0 spiro atoms. The molecule has 2 rings (SSSR count). The van der Waals surface area contributed by atoms with Crippen molar-refractivity contribution < 1.29 is 37.0 Å². The molecule has 0 N–H and O–H groups in total. The van der Waals surface area contributed by atoms with Crippen LogP contribution in [0.5, 0.6) is 11.5 Å². The standard InChI is InChI=1S/C23H19F3O5/c1-14(2)21(27)30-12-11-29-18-9-10-19(20(13-18)23(24,25)26)16-5-7-17(8-6-16)31-22(28)15(3)4/h5-13H,1,3H2,2,4H3. The average Bonchev–Trinajstić information content (AvgIpc) is 2.70. The summed E-state index contributed by atoms with van der Waals surface area (Å²) in [6, 6.07) is 9.01. The normalized spacial score (nSPS) is 11.1. The maximum Gasteiger partial charge on any atom is 0.417 e. The molecule has 2 aromatic carbocycles. The van der Waals surface area contributed by atoms with Crippen molar-refractivity contribution in [3.8, 4) is 22.6 Å². The number of hydrogen-bond acceptors (Lipinski definition) is 5. The number of carbonyl (C=O) groups is 2. The summed E-state index contributed by atoms with van der Waals surface area (Å²) in [6.07, 6.45) is -2.81. The van der Waals surface area contributed by atoms with E-state index < -0.39 is 23.7 Å². The molecule has 0 radical (unpaired) electrons. The molecule has 0 bridgehead atoms. The molecule has 0 aliphatic heterocycles. The predicted molar refractivity (Wildman–Crippen MR) is 108 cm³/mol. The molecule has 0 saturated heterocycles. The van der Waals surface area contributed by atoms with Crippen LogP contribution in [0, 0.1) is 0 Å². The molecule has 0 aliphatic carbocycles. The Kier molecular flexibility index (Phi) is 7.42. The number of carbonyl (C=O) groups excluding carboxylic acids is 2. The number of ether oxygens (including phenoxy) is 3. The molecule has 0 fully saturated rings. The highest BCUT2D eigenvalue weighted by Gasteiger charge is 2.34. The maximum atomic E-state index is 13.6. The summed E-state index contributed by atoms with van der Waals surface area (Å²) in [6.45, 7) is 9.78. The van der Waals surface area contributed by atoms with Gasteiger partial charge in [0.2, 0.25) is 0 Å². The van der Waals surface area contributed by atoms with Crippen LogP contribution in [0.2, 0.25) is 0 Å².